The van der Waals surface area contributed by atoms with E-state index in [0.717, 1.165) is 49.3 Å². The zero-order chi connectivity index (χ0) is 15.9. The molecule has 1 aliphatic heterocycles. The number of methoxy groups -OCH3 is 2. The van der Waals surface area contributed by atoms with E-state index >= 15 is 0 Å². The van der Waals surface area contributed by atoms with Crippen molar-refractivity contribution in [3.8, 4) is 11.5 Å². The van der Waals surface area contributed by atoms with Gasteiger partial charge in [-0.25, -0.2) is 0 Å². The van der Waals surface area contributed by atoms with Crippen molar-refractivity contribution in [2.45, 2.75) is 37.8 Å². The number of aliphatic hydroxyl groups is 1. The number of rotatable bonds is 8. The zero-order valence-corrected chi connectivity index (χ0v) is 13.6. The average Bonchev–Trinajstić information content (AvgIpc) is 3.00. The summed E-state index contributed by atoms with van der Waals surface area (Å²) in [5, 5.41) is 10.2. The first kappa shape index (κ1) is 16.8. The van der Waals surface area contributed by atoms with Crippen LogP contribution in [0.1, 0.15) is 37.3 Å². The quantitative estimate of drug-likeness (QED) is 0.749. The van der Waals surface area contributed by atoms with Crippen LogP contribution in [-0.4, -0.2) is 43.4 Å². The molecule has 1 heterocycles. The molecule has 2 rings (SSSR count). The van der Waals surface area contributed by atoms with Crippen molar-refractivity contribution in [2.75, 3.05) is 27.3 Å². The van der Waals surface area contributed by atoms with Crippen molar-refractivity contribution >= 4 is 0 Å². The summed E-state index contributed by atoms with van der Waals surface area (Å²) in [6.45, 7) is 5.42. The number of benzene rings is 1. The van der Waals surface area contributed by atoms with Gasteiger partial charge < -0.3 is 14.6 Å². The van der Waals surface area contributed by atoms with Gasteiger partial charge in [-0.05, 0) is 50.4 Å². The van der Waals surface area contributed by atoms with Crippen LogP contribution in [0.4, 0.5) is 0 Å². The fourth-order valence-corrected chi connectivity index (χ4v) is 3.17. The number of β-amino-alcohol motifs (C(OH)–C–C–N with tert-alkyl or cyclic N) is 1. The third-order valence-electron chi connectivity index (χ3n) is 4.31. The highest BCUT2D eigenvalue weighted by molar-refractivity contribution is 5.42. The van der Waals surface area contributed by atoms with Crippen LogP contribution in [0.15, 0.2) is 30.9 Å². The van der Waals surface area contributed by atoms with Gasteiger partial charge in [0.25, 0.3) is 0 Å². The molecule has 4 heteroatoms. The average molecular weight is 305 g/mol. The Morgan fingerprint density at radius 1 is 1.41 bits per heavy atom. The van der Waals surface area contributed by atoms with Gasteiger partial charge in [0.2, 0.25) is 0 Å². The topological polar surface area (TPSA) is 41.9 Å². The van der Waals surface area contributed by atoms with Crippen LogP contribution in [0.5, 0.6) is 11.5 Å². The Hall–Kier alpha value is -1.52. The lowest BCUT2D eigenvalue weighted by molar-refractivity contribution is 0.0990. The maximum atomic E-state index is 10.2. The second kappa shape index (κ2) is 8.20. The number of aliphatic hydroxyl groups excluding tert-OH is 1. The number of hydrogen-bond donors (Lipinski definition) is 1. The maximum absolute atomic E-state index is 10.2. The molecule has 4 nitrogen and oxygen atoms in total. The standard InChI is InChI=1S/C18H27NO3/c1-4-5-7-14(20)13-19-11-6-8-17(19)16-12-15(21-2)9-10-18(16)22-3/h4,9-10,12,14,17,20H,1,5-8,11,13H2,2-3H3. The Morgan fingerprint density at radius 2 is 2.23 bits per heavy atom. The first-order chi connectivity index (χ1) is 10.7. The fourth-order valence-electron chi connectivity index (χ4n) is 3.17. The lowest BCUT2D eigenvalue weighted by atomic mass is 10.0. The summed E-state index contributed by atoms with van der Waals surface area (Å²) < 4.78 is 10.9. The Labute approximate surface area is 133 Å². The van der Waals surface area contributed by atoms with E-state index in [0.29, 0.717) is 6.54 Å². The van der Waals surface area contributed by atoms with E-state index < -0.39 is 0 Å². The summed E-state index contributed by atoms with van der Waals surface area (Å²) >= 11 is 0. The van der Waals surface area contributed by atoms with Gasteiger partial charge in [-0.2, -0.15) is 0 Å². The molecule has 0 amide bonds. The molecule has 0 bridgehead atoms. The third-order valence-corrected chi connectivity index (χ3v) is 4.31. The van der Waals surface area contributed by atoms with Gasteiger partial charge in [-0.15, -0.1) is 6.58 Å². The monoisotopic (exact) mass is 305 g/mol. The molecular weight excluding hydrogens is 278 g/mol. The summed E-state index contributed by atoms with van der Waals surface area (Å²) in [4.78, 5) is 2.35. The molecule has 2 unspecified atom stereocenters. The Morgan fingerprint density at radius 3 is 2.91 bits per heavy atom. The van der Waals surface area contributed by atoms with Gasteiger partial charge in [0, 0.05) is 18.2 Å². The van der Waals surface area contributed by atoms with Crippen LogP contribution in [0.2, 0.25) is 0 Å². The SMILES string of the molecule is C=CCCC(O)CN1CCCC1c1cc(OC)ccc1OC. The molecule has 1 fully saturated rings. The second-order valence-electron chi connectivity index (χ2n) is 5.78. The number of ether oxygens (including phenoxy) is 2. The highest BCUT2D eigenvalue weighted by atomic mass is 16.5. The molecule has 22 heavy (non-hydrogen) atoms. The Bertz CT molecular complexity index is 489. The molecule has 0 aliphatic carbocycles. The van der Waals surface area contributed by atoms with Gasteiger partial charge in [0.1, 0.15) is 11.5 Å². The van der Waals surface area contributed by atoms with E-state index in [1.54, 1.807) is 14.2 Å². The van der Waals surface area contributed by atoms with Gasteiger partial charge >= 0.3 is 0 Å². The smallest absolute Gasteiger partial charge is 0.123 e. The van der Waals surface area contributed by atoms with E-state index in [9.17, 15) is 5.11 Å². The van der Waals surface area contributed by atoms with Crippen molar-refractivity contribution in [1.29, 1.82) is 0 Å². The minimum Gasteiger partial charge on any atom is -0.497 e. The first-order valence-corrected chi connectivity index (χ1v) is 7.94. The molecular formula is C18H27NO3. The molecule has 2 atom stereocenters. The molecule has 0 radical (unpaired) electrons. The summed E-state index contributed by atoms with van der Waals surface area (Å²) in [5.74, 6) is 1.73. The minimum absolute atomic E-state index is 0.281. The highest BCUT2D eigenvalue weighted by Crippen LogP contribution is 2.38. The van der Waals surface area contributed by atoms with Gasteiger partial charge in [-0.1, -0.05) is 6.08 Å². The van der Waals surface area contributed by atoms with Crippen LogP contribution in [-0.2, 0) is 0 Å². The van der Waals surface area contributed by atoms with E-state index in [4.69, 9.17) is 9.47 Å². The van der Waals surface area contributed by atoms with Crippen LogP contribution in [0.25, 0.3) is 0 Å². The predicted molar refractivity (Wildman–Crippen MR) is 88.5 cm³/mol. The molecule has 0 saturated carbocycles. The number of likely N-dealkylation sites (tertiary alicyclic amines) is 1. The van der Waals surface area contributed by atoms with Gasteiger partial charge in [-0.3, -0.25) is 4.90 Å². The van der Waals surface area contributed by atoms with Gasteiger partial charge in [0.05, 0.1) is 20.3 Å². The molecule has 1 saturated heterocycles. The van der Waals surface area contributed by atoms with Crippen molar-refractivity contribution in [2.24, 2.45) is 0 Å². The molecule has 1 N–H and O–H groups in total. The van der Waals surface area contributed by atoms with Crippen molar-refractivity contribution in [3.63, 3.8) is 0 Å². The molecule has 0 aromatic heterocycles. The number of nitrogens with zero attached hydrogens (tertiary/aromatic N) is 1. The maximum Gasteiger partial charge on any atom is 0.123 e. The summed E-state index contributed by atoms with van der Waals surface area (Å²) in [6, 6.07) is 6.21. The van der Waals surface area contributed by atoms with Crippen molar-refractivity contribution < 1.29 is 14.6 Å². The molecule has 1 aliphatic rings. The lowest BCUT2D eigenvalue weighted by Crippen LogP contribution is -2.32. The highest BCUT2D eigenvalue weighted by Gasteiger charge is 2.29. The summed E-state index contributed by atoms with van der Waals surface area (Å²) in [5.41, 5.74) is 1.15. The van der Waals surface area contributed by atoms with E-state index in [1.807, 2.05) is 18.2 Å². The van der Waals surface area contributed by atoms with Crippen molar-refractivity contribution in [3.05, 3.63) is 36.4 Å². The minimum atomic E-state index is -0.310. The predicted octanol–water partition coefficient (Wildman–Crippen LogP) is 3.17. The van der Waals surface area contributed by atoms with Crippen LogP contribution in [0.3, 0.4) is 0 Å². The van der Waals surface area contributed by atoms with Crippen LogP contribution >= 0.6 is 0 Å². The fraction of sp³-hybridized carbons (Fsp3) is 0.556. The zero-order valence-electron chi connectivity index (χ0n) is 13.6. The van der Waals surface area contributed by atoms with Crippen molar-refractivity contribution in [1.82, 2.24) is 4.90 Å². The van der Waals surface area contributed by atoms with Crippen LogP contribution in [0, 0.1) is 0 Å². The number of allylic oxidation sites excluding steroid dienone is 1. The van der Waals surface area contributed by atoms with Gasteiger partial charge in [0.15, 0.2) is 0 Å². The van der Waals surface area contributed by atoms with Crippen LogP contribution < -0.4 is 9.47 Å². The van der Waals surface area contributed by atoms with E-state index in [-0.39, 0.29) is 12.1 Å². The Kier molecular flexibility index (Phi) is 6.28. The van der Waals surface area contributed by atoms with E-state index in [2.05, 4.69) is 17.5 Å². The summed E-state index contributed by atoms with van der Waals surface area (Å²) in [7, 11) is 3.38. The molecule has 0 spiro atoms. The largest absolute Gasteiger partial charge is 0.497 e. The molecule has 1 aromatic rings. The second-order valence-corrected chi connectivity index (χ2v) is 5.78. The normalized spacial score (nSPS) is 19.9. The lowest BCUT2D eigenvalue weighted by Gasteiger charge is -2.28. The third kappa shape index (κ3) is 4.02. The first-order valence-electron chi connectivity index (χ1n) is 7.94. The summed E-state index contributed by atoms with van der Waals surface area (Å²) in [6.07, 6.45) is 5.38. The molecule has 1 aromatic carbocycles. The number of hydrogen-bond acceptors (Lipinski definition) is 4. The Balaban J connectivity index is 2.14. The molecule has 122 valence electrons. The van der Waals surface area contributed by atoms with E-state index in [1.165, 1.54) is 0 Å².